The molecule has 1 aromatic heterocycles. The molecule has 1 rings (SSSR count). The summed E-state index contributed by atoms with van der Waals surface area (Å²) in [5, 5.41) is 3.29. The van der Waals surface area contributed by atoms with Gasteiger partial charge in [0.2, 0.25) is 5.88 Å². The molecule has 0 saturated carbocycles. The summed E-state index contributed by atoms with van der Waals surface area (Å²) < 4.78 is 5.45. The molecule has 0 unspecified atom stereocenters. The van der Waals surface area contributed by atoms with E-state index >= 15 is 0 Å². The molecular weight excluding hydrogens is 214 g/mol. The molecule has 17 heavy (non-hydrogen) atoms. The summed E-state index contributed by atoms with van der Waals surface area (Å²) >= 11 is 0. The van der Waals surface area contributed by atoms with E-state index in [1.165, 1.54) is 6.33 Å². The standard InChI is InChI=1S/C13H23N3O/c1-5-8-17-12-9-11(15-10-16-12)14-7-6-13(2,3)4/h9-10H,5-8H2,1-4H3,(H,14,15,16). The summed E-state index contributed by atoms with van der Waals surface area (Å²) in [7, 11) is 0. The number of anilines is 1. The van der Waals surface area contributed by atoms with Crippen LogP contribution in [-0.2, 0) is 0 Å². The maximum atomic E-state index is 5.45. The van der Waals surface area contributed by atoms with Crippen molar-refractivity contribution in [2.45, 2.75) is 40.5 Å². The fourth-order valence-electron chi connectivity index (χ4n) is 1.29. The Bertz CT molecular complexity index is 334. The van der Waals surface area contributed by atoms with Crippen molar-refractivity contribution in [2.75, 3.05) is 18.5 Å². The minimum absolute atomic E-state index is 0.335. The van der Waals surface area contributed by atoms with E-state index in [-0.39, 0.29) is 0 Å². The molecule has 0 atom stereocenters. The number of hydrogen-bond acceptors (Lipinski definition) is 4. The molecule has 0 amide bonds. The lowest BCUT2D eigenvalue weighted by molar-refractivity contribution is 0.305. The predicted molar refractivity (Wildman–Crippen MR) is 70.4 cm³/mol. The second-order valence-electron chi connectivity index (χ2n) is 5.33. The van der Waals surface area contributed by atoms with Crippen LogP contribution in [0.4, 0.5) is 5.82 Å². The number of nitrogens with one attached hydrogen (secondary N) is 1. The Hall–Kier alpha value is -1.32. The highest BCUT2D eigenvalue weighted by Crippen LogP contribution is 2.18. The van der Waals surface area contributed by atoms with Crippen molar-refractivity contribution in [3.05, 3.63) is 12.4 Å². The summed E-state index contributed by atoms with van der Waals surface area (Å²) in [5.74, 6) is 1.47. The van der Waals surface area contributed by atoms with Crippen molar-refractivity contribution in [1.82, 2.24) is 9.97 Å². The van der Waals surface area contributed by atoms with E-state index < -0.39 is 0 Å². The fraction of sp³-hybridized carbons (Fsp3) is 0.692. The average Bonchev–Trinajstić information content (AvgIpc) is 2.25. The quantitative estimate of drug-likeness (QED) is 0.825. The SMILES string of the molecule is CCCOc1cc(NCCC(C)(C)C)ncn1. The van der Waals surface area contributed by atoms with Gasteiger partial charge in [-0.15, -0.1) is 0 Å². The lowest BCUT2D eigenvalue weighted by atomic mass is 9.92. The summed E-state index contributed by atoms with van der Waals surface area (Å²) in [5.41, 5.74) is 0.335. The van der Waals surface area contributed by atoms with Gasteiger partial charge in [-0.3, -0.25) is 0 Å². The van der Waals surface area contributed by atoms with Crippen LogP contribution in [0.1, 0.15) is 40.5 Å². The van der Waals surface area contributed by atoms with Crippen LogP contribution in [0.3, 0.4) is 0 Å². The Morgan fingerprint density at radius 1 is 1.29 bits per heavy atom. The van der Waals surface area contributed by atoms with Crippen LogP contribution in [0.2, 0.25) is 0 Å². The van der Waals surface area contributed by atoms with Gasteiger partial charge < -0.3 is 10.1 Å². The Morgan fingerprint density at radius 2 is 2.06 bits per heavy atom. The molecule has 96 valence electrons. The highest BCUT2D eigenvalue weighted by molar-refractivity contribution is 5.36. The zero-order chi connectivity index (χ0) is 12.7. The number of hydrogen-bond donors (Lipinski definition) is 1. The van der Waals surface area contributed by atoms with Gasteiger partial charge in [-0.2, -0.15) is 0 Å². The fourth-order valence-corrected chi connectivity index (χ4v) is 1.29. The van der Waals surface area contributed by atoms with Gasteiger partial charge in [0.25, 0.3) is 0 Å². The zero-order valence-electron chi connectivity index (χ0n) is 11.3. The third-order valence-corrected chi connectivity index (χ3v) is 2.28. The minimum Gasteiger partial charge on any atom is -0.478 e. The smallest absolute Gasteiger partial charge is 0.218 e. The van der Waals surface area contributed by atoms with Crippen LogP contribution >= 0.6 is 0 Å². The van der Waals surface area contributed by atoms with Gasteiger partial charge in [0.05, 0.1) is 6.61 Å². The molecule has 0 spiro atoms. The Kier molecular flexibility index (Phi) is 5.19. The minimum atomic E-state index is 0.335. The molecule has 1 N–H and O–H groups in total. The van der Waals surface area contributed by atoms with E-state index in [0.717, 1.165) is 25.2 Å². The molecule has 4 heteroatoms. The van der Waals surface area contributed by atoms with Crippen molar-refractivity contribution in [1.29, 1.82) is 0 Å². The molecule has 4 nitrogen and oxygen atoms in total. The van der Waals surface area contributed by atoms with Gasteiger partial charge in [-0.1, -0.05) is 27.7 Å². The maximum absolute atomic E-state index is 5.45. The van der Waals surface area contributed by atoms with Crippen LogP contribution in [0.5, 0.6) is 5.88 Å². The zero-order valence-corrected chi connectivity index (χ0v) is 11.3. The predicted octanol–water partition coefficient (Wildman–Crippen LogP) is 3.11. The van der Waals surface area contributed by atoms with Gasteiger partial charge in [0.1, 0.15) is 12.1 Å². The molecule has 0 aromatic carbocycles. The number of rotatable bonds is 6. The van der Waals surface area contributed by atoms with Crippen LogP contribution in [-0.4, -0.2) is 23.1 Å². The largest absolute Gasteiger partial charge is 0.478 e. The third kappa shape index (κ3) is 6.09. The molecule has 0 aliphatic carbocycles. The first kappa shape index (κ1) is 13.7. The second kappa shape index (κ2) is 6.42. The van der Waals surface area contributed by atoms with Crippen molar-refractivity contribution in [3.8, 4) is 5.88 Å². The second-order valence-corrected chi connectivity index (χ2v) is 5.33. The van der Waals surface area contributed by atoms with Gasteiger partial charge in [0, 0.05) is 12.6 Å². The lowest BCUT2D eigenvalue weighted by Gasteiger charge is -2.18. The summed E-state index contributed by atoms with van der Waals surface area (Å²) in [6, 6.07) is 1.85. The maximum Gasteiger partial charge on any atom is 0.218 e. The number of nitrogens with zero attached hydrogens (tertiary/aromatic N) is 2. The van der Waals surface area contributed by atoms with E-state index in [1.807, 2.05) is 6.07 Å². The van der Waals surface area contributed by atoms with E-state index in [2.05, 4.69) is 43.0 Å². The first-order valence-electron chi connectivity index (χ1n) is 6.20. The summed E-state index contributed by atoms with van der Waals surface area (Å²) in [4.78, 5) is 8.23. The molecule has 0 aliphatic rings. The van der Waals surface area contributed by atoms with Crippen LogP contribution in [0, 0.1) is 5.41 Å². The molecule has 0 bridgehead atoms. The van der Waals surface area contributed by atoms with Gasteiger partial charge in [0.15, 0.2) is 0 Å². The third-order valence-electron chi connectivity index (χ3n) is 2.28. The number of ether oxygens (including phenoxy) is 1. The van der Waals surface area contributed by atoms with Crippen molar-refractivity contribution >= 4 is 5.82 Å². The molecule has 0 radical (unpaired) electrons. The Labute approximate surface area is 104 Å². The van der Waals surface area contributed by atoms with Crippen LogP contribution in [0.25, 0.3) is 0 Å². The molecular formula is C13H23N3O. The highest BCUT2D eigenvalue weighted by Gasteiger charge is 2.09. The van der Waals surface area contributed by atoms with Crippen molar-refractivity contribution in [3.63, 3.8) is 0 Å². The van der Waals surface area contributed by atoms with Crippen molar-refractivity contribution < 1.29 is 4.74 Å². The Morgan fingerprint density at radius 3 is 2.71 bits per heavy atom. The van der Waals surface area contributed by atoms with Crippen molar-refractivity contribution in [2.24, 2.45) is 5.41 Å². The molecule has 0 aliphatic heterocycles. The van der Waals surface area contributed by atoms with E-state index in [0.29, 0.717) is 17.9 Å². The lowest BCUT2D eigenvalue weighted by Crippen LogP contribution is -2.13. The van der Waals surface area contributed by atoms with Gasteiger partial charge in [-0.05, 0) is 18.3 Å². The van der Waals surface area contributed by atoms with E-state index in [4.69, 9.17) is 4.74 Å². The van der Waals surface area contributed by atoms with Crippen LogP contribution < -0.4 is 10.1 Å². The van der Waals surface area contributed by atoms with Crippen LogP contribution in [0.15, 0.2) is 12.4 Å². The molecule has 0 fully saturated rings. The summed E-state index contributed by atoms with van der Waals surface area (Å²) in [6.45, 7) is 10.4. The van der Waals surface area contributed by atoms with Gasteiger partial charge >= 0.3 is 0 Å². The summed E-state index contributed by atoms with van der Waals surface area (Å²) in [6.07, 6.45) is 3.61. The monoisotopic (exact) mass is 237 g/mol. The first-order valence-corrected chi connectivity index (χ1v) is 6.20. The van der Waals surface area contributed by atoms with Gasteiger partial charge in [-0.25, -0.2) is 9.97 Å². The highest BCUT2D eigenvalue weighted by atomic mass is 16.5. The molecule has 0 saturated heterocycles. The topological polar surface area (TPSA) is 47.0 Å². The van der Waals surface area contributed by atoms with E-state index in [1.54, 1.807) is 0 Å². The normalized spacial score (nSPS) is 11.3. The van der Waals surface area contributed by atoms with E-state index in [9.17, 15) is 0 Å². The first-order chi connectivity index (χ1) is 8.01. The Balaban J connectivity index is 2.43. The molecule has 1 aromatic rings. The number of aromatic nitrogens is 2. The molecule has 1 heterocycles. The average molecular weight is 237 g/mol.